The van der Waals surface area contributed by atoms with Crippen molar-refractivity contribution in [3.8, 4) is 0 Å². The van der Waals surface area contributed by atoms with Gasteiger partial charge < -0.3 is 9.84 Å². The fourth-order valence-corrected chi connectivity index (χ4v) is 3.17. The second-order valence-corrected chi connectivity index (χ2v) is 5.49. The summed E-state index contributed by atoms with van der Waals surface area (Å²) in [6.45, 7) is 5.76. The number of nitrogens with zero attached hydrogens (tertiary/aromatic N) is 2. The lowest BCUT2D eigenvalue weighted by molar-refractivity contribution is -0.00175. The molecular formula is C13H21BrN2O2. The third-order valence-electron chi connectivity index (χ3n) is 3.49. The fraction of sp³-hybridized carbons (Fsp3) is 0.769. The Kier molecular flexibility index (Phi) is 4.81. The lowest BCUT2D eigenvalue weighted by Gasteiger charge is -2.18. The predicted molar refractivity (Wildman–Crippen MR) is 73.7 cm³/mol. The number of hydrogen-bond acceptors (Lipinski definition) is 3. The van der Waals surface area contributed by atoms with Crippen LogP contribution in [0, 0.1) is 0 Å². The van der Waals surface area contributed by atoms with Crippen LogP contribution in [0.2, 0.25) is 0 Å². The van der Waals surface area contributed by atoms with Crippen LogP contribution in [0.5, 0.6) is 0 Å². The Morgan fingerprint density at radius 3 is 2.89 bits per heavy atom. The Hall–Kier alpha value is -0.390. The Morgan fingerprint density at radius 2 is 2.33 bits per heavy atom. The average Bonchev–Trinajstić information content (AvgIpc) is 2.99. The molecule has 102 valence electrons. The summed E-state index contributed by atoms with van der Waals surface area (Å²) in [5.41, 5.74) is 2.14. The van der Waals surface area contributed by atoms with Gasteiger partial charge >= 0.3 is 0 Å². The lowest BCUT2D eigenvalue weighted by Crippen LogP contribution is -2.28. The van der Waals surface area contributed by atoms with Gasteiger partial charge in [-0.25, -0.2) is 0 Å². The van der Waals surface area contributed by atoms with E-state index in [0.717, 1.165) is 48.3 Å². The van der Waals surface area contributed by atoms with E-state index >= 15 is 0 Å². The quantitative estimate of drug-likeness (QED) is 0.906. The monoisotopic (exact) mass is 316 g/mol. The van der Waals surface area contributed by atoms with Crippen molar-refractivity contribution < 1.29 is 9.84 Å². The predicted octanol–water partition coefficient (Wildman–Crippen LogP) is 2.31. The highest BCUT2D eigenvalue weighted by atomic mass is 79.9. The van der Waals surface area contributed by atoms with E-state index < -0.39 is 6.10 Å². The molecule has 0 bridgehead atoms. The van der Waals surface area contributed by atoms with Crippen molar-refractivity contribution in [2.24, 2.45) is 0 Å². The van der Waals surface area contributed by atoms with Crippen LogP contribution in [0.4, 0.5) is 0 Å². The first kappa shape index (κ1) is 14.0. The van der Waals surface area contributed by atoms with Gasteiger partial charge in [-0.15, -0.1) is 0 Å². The maximum atomic E-state index is 10.2. The van der Waals surface area contributed by atoms with E-state index in [-0.39, 0.29) is 6.10 Å². The molecule has 0 aromatic carbocycles. The second kappa shape index (κ2) is 6.17. The van der Waals surface area contributed by atoms with Crippen LogP contribution in [-0.2, 0) is 24.1 Å². The lowest BCUT2D eigenvalue weighted by atomic mass is 10.1. The third-order valence-corrected chi connectivity index (χ3v) is 4.41. The van der Waals surface area contributed by atoms with Gasteiger partial charge in [0.1, 0.15) is 0 Å². The largest absolute Gasteiger partial charge is 0.390 e. The summed E-state index contributed by atoms with van der Waals surface area (Å²) in [4.78, 5) is 0. The van der Waals surface area contributed by atoms with Crippen LogP contribution in [0.25, 0.3) is 0 Å². The van der Waals surface area contributed by atoms with Gasteiger partial charge in [0.05, 0.1) is 28.1 Å². The van der Waals surface area contributed by atoms with Crippen molar-refractivity contribution in [1.29, 1.82) is 0 Å². The first-order chi connectivity index (χ1) is 8.67. The number of aryl methyl sites for hydroxylation is 2. The zero-order chi connectivity index (χ0) is 13.1. The van der Waals surface area contributed by atoms with Crippen LogP contribution in [0.15, 0.2) is 4.47 Å². The average molecular weight is 317 g/mol. The van der Waals surface area contributed by atoms with Crippen LogP contribution in [-0.4, -0.2) is 33.7 Å². The molecule has 0 radical (unpaired) electrons. The molecule has 2 unspecified atom stereocenters. The van der Waals surface area contributed by atoms with Gasteiger partial charge in [0.2, 0.25) is 0 Å². The molecule has 1 fully saturated rings. The minimum atomic E-state index is -0.435. The molecule has 1 aromatic rings. The SMILES string of the molecule is CCc1nn(CC)c(CC(O)C2CCCO2)c1Br. The van der Waals surface area contributed by atoms with Gasteiger partial charge in [-0.1, -0.05) is 6.92 Å². The molecule has 4 nitrogen and oxygen atoms in total. The number of ether oxygens (including phenoxy) is 1. The van der Waals surface area contributed by atoms with Crippen LogP contribution >= 0.6 is 15.9 Å². The molecule has 1 aliphatic rings. The van der Waals surface area contributed by atoms with Gasteiger partial charge in [0.15, 0.2) is 0 Å². The number of aliphatic hydroxyl groups is 1. The number of halogens is 1. The molecule has 1 aromatic heterocycles. The van der Waals surface area contributed by atoms with Crippen molar-refractivity contribution in [1.82, 2.24) is 9.78 Å². The van der Waals surface area contributed by atoms with Crippen LogP contribution in [0.1, 0.15) is 38.1 Å². The minimum absolute atomic E-state index is 0.0119. The van der Waals surface area contributed by atoms with Gasteiger partial charge in [-0.3, -0.25) is 4.68 Å². The Balaban J connectivity index is 2.14. The summed E-state index contributed by atoms with van der Waals surface area (Å²) in [5, 5.41) is 14.8. The third kappa shape index (κ3) is 2.78. The summed E-state index contributed by atoms with van der Waals surface area (Å²) in [6.07, 6.45) is 3.07. The van der Waals surface area contributed by atoms with Crippen LogP contribution < -0.4 is 0 Å². The van der Waals surface area contributed by atoms with E-state index in [0.29, 0.717) is 6.42 Å². The molecule has 0 saturated carbocycles. The van der Waals surface area contributed by atoms with E-state index in [9.17, 15) is 5.11 Å². The second-order valence-electron chi connectivity index (χ2n) is 4.70. The zero-order valence-corrected chi connectivity index (χ0v) is 12.6. The maximum absolute atomic E-state index is 10.2. The maximum Gasteiger partial charge on any atom is 0.0857 e. The molecule has 2 heterocycles. The van der Waals surface area contributed by atoms with Crippen LogP contribution in [0.3, 0.4) is 0 Å². The standard InChI is InChI=1S/C13H21BrN2O2/c1-3-9-13(14)10(16(4-2)15-9)8-11(17)12-6-5-7-18-12/h11-12,17H,3-8H2,1-2H3. The van der Waals surface area contributed by atoms with E-state index in [1.54, 1.807) is 0 Å². The highest BCUT2D eigenvalue weighted by molar-refractivity contribution is 9.10. The topological polar surface area (TPSA) is 47.3 Å². The van der Waals surface area contributed by atoms with E-state index in [1.807, 2.05) is 4.68 Å². The van der Waals surface area contributed by atoms with Gasteiger partial charge in [0, 0.05) is 19.6 Å². The number of hydrogen-bond donors (Lipinski definition) is 1. The van der Waals surface area contributed by atoms with Gasteiger partial charge in [-0.05, 0) is 42.1 Å². The summed E-state index contributed by atoms with van der Waals surface area (Å²) in [7, 11) is 0. The Labute approximate surface area is 116 Å². The molecule has 0 aliphatic carbocycles. The van der Waals surface area contributed by atoms with E-state index in [2.05, 4.69) is 34.9 Å². The summed E-state index contributed by atoms with van der Waals surface area (Å²) < 4.78 is 8.56. The Morgan fingerprint density at radius 1 is 1.56 bits per heavy atom. The first-order valence-corrected chi connectivity index (χ1v) is 7.50. The highest BCUT2D eigenvalue weighted by Crippen LogP contribution is 2.26. The van der Waals surface area contributed by atoms with Crippen molar-refractivity contribution in [2.45, 2.75) is 58.3 Å². The fourth-order valence-electron chi connectivity index (χ4n) is 2.45. The number of aliphatic hydroxyl groups excluding tert-OH is 1. The smallest absolute Gasteiger partial charge is 0.0857 e. The molecular weight excluding hydrogens is 296 g/mol. The number of aromatic nitrogens is 2. The summed E-state index contributed by atoms with van der Waals surface area (Å²) in [5.74, 6) is 0. The summed E-state index contributed by atoms with van der Waals surface area (Å²) >= 11 is 3.60. The number of rotatable bonds is 5. The van der Waals surface area contributed by atoms with Crippen molar-refractivity contribution in [3.05, 3.63) is 15.9 Å². The van der Waals surface area contributed by atoms with Gasteiger partial charge in [0.25, 0.3) is 0 Å². The minimum Gasteiger partial charge on any atom is -0.390 e. The normalized spacial score (nSPS) is 21.4. The molecule has 0 amide bonds. The van der Waals surface area contributed by atoms with Gasteiger partial charge in [-0.2, -0.15) is 5.10 Å². The molecule has 1 N–H and O–H groups in total. The molecule has 2 rings (SSSR count). The molecule has 1 aliphatic heterocycles. The highest BCUT2D eigenvalue weighted by Gasteiger charge is 2.26. The Bertz CT molecular complexity index is 400. The molecule has 2 atom stereocenters. The first-order valence-electron chi connectivity index (χ1n) is 6.71. The molecule has 18 heavy (non-hydrogen) atoms. The van der Waals surface area contributed by atoms with E-state index in [1.165, 1.54) is 0 Å². The molecule has 5 heteroatoms. The molecule has 1 saturated heterocycles. The van der Waals surface area contributed by atoms with Crippen molar-refractivity contribution >= 4 is 15.9 Å². The molecule has 0 spiro atoms. The van der Waals surface area contributed by atoms with Crippen molar-refractivity contribution in [3.63, 3.8) is 0 Å². The summed E-state index contributed by atoms with van der Waals surface area (Å²) in [6, 6.07) is 0. The van der Waals surface area contributed by atoms with Crippen molar-refractivity contribution in [2.75, 3.05) is 6.61 Å². The zero-order valence-electron chi connectivity index (χ0n) is 11.0. The van der Waals surface area contributed by atoms with E-state index in [4.69, 9.17) is 4.74 Å².